The van der Waals surface area contributed by atoms with E-state index >= 15 is 0 Å². The molecule has 0 saturated carbocycles. The normalized spacial score (nSPS) is 15.1. The molecule has 0 aliphatic carbocycles. The Bertz CT molecular complexity index is 1050. The SMILES string of the molecule is CN1CCN(C(=O)c2ccc(NC(=O)CN(Cc3ccc(Cl)cc3)S(C)(=O)=O)cc2)CC1. The van der Waals surface area contributed by atoms with Gasteiger partial charge in [0.1, 0.15) is 0 Å². The lowest BCUT2D eigenvalue weighted by molar-refractivity contribution is -0.116. The van der Waals surface area contributed by atoms with E-state index < -0.39 is 15.9 Å². The van der Waals surface area contributed by atoms with Crippen LogP contribution in [0.5, 0.6) is 0 Å². The quantitative estimate of drug-likeness (QED) is 0.658. The molecular weight excluding hydrogens is 452 g/mol. The molecule has 1 N–H and O–H groups in total. The highest BCUT2D eigenvalue weighted by atomic mass is 35.5. The molecule has 1 aliphatic rings. The van der Waals surface area contributed by atoms with Crippen LogP contribution in [0.15, 0.2) is 48.5 Å². The molecule has 2 aromatic rings. The van der Waals surface area contributed by atoms with E-state index in [-0.39, 0.29) is 19.0 Å². The third kappa shape index (κ3) is 6.77. The van der Waals surface area contributed by atoms with Gasteiger partial charge in [-0.25, -0.2) is 8.42 Å². The van der Waals surface area contributed by atoms with E-state index in [1.54, 1.807) is 48.5 Å². The third-order valence-electron chi connectivity index (χ3n) is 5.27. The maximum Gasteiger partial charge on any atom is 0.253 e. The lowest BCUT2D eigenvalue weighted by atomic mass is 10.1. The maximum atomic E-state index is 12.6. The van der Waals surface area contributed by atoms with Crippen molar-refractivity contribution < 1.29 is 18.0 Å². The Labute approximate surface area is 193 Å². The Hall–Kier alpha value is -2.46. The van der Waals surface area contributed by atoms with Crippen LogP contribution in [0.1, 0.15) is 15.9 Å². The Balaban J connectivity index is 1.60. The molecule has 0 spiro atoms. The molecule has 1 aliphatic heterocycles. The molecule has 0 atom stereocenters. The Morgan fingerprint density at radius 1 is 1.00 bits per heavy atom. The van der Waals surface area contributed by atoms with Crippen molar-refractivity contribution in [2.24, 2.45) is 0 Å². The van der Waals surface area contributed by atoms with Crippen LogP contribution in [0.4, 0.5) is 5.69 Å². The summed E-state index contributed by atoms with van der Waals surface area (Å²) in [5.41, 5.74) is 1.76. The summed E-state index contributed by atoms with van der Waals surface area (Å²) in [5, 5.41) is 3.24. The number of carbonyl (C=O) groups is 2. The molecule has 0 radical (unpaired) electrons. The van der Waals surface area contributed by atoms with Crippen molar-refractivity contribution in [2.75, 3.05) is 51.3 Å². The second kappa shape index (κ2) is 10.4. The third-order valence-corrected chi connectivity index (χ3v) is 6.72. The van der Waals surface area contributed by atoms with E-state index in [4.69, 9.17) is 11.6 Å². The topological polar surface area (TPSA) is 90.0 Å². The Kier molecular flexibility index (Phi) is 7.89. The number of anilines is 1. The van der Waals surface area contributed by atoms with Gasteiger partial charge in [-0.3, -0.25) is 9.59 Å². The number of likely N-dealkylation sites (N-methyl/N-ethyl adjacent to an activating group) is 1. The molecule has 2 aromatic carbocycles. The fourth-order valence-corrected chi connectivity index (χ4v) is 4.19. The zero-order chi connectivity index (χ0) is 23.3. The first kappa shape index (κ1) is 24.2. The number of rotatable bonds is 7. The van der Waals surface area contributed by atoms with E-state index in [0.717, 1.165) is 29.2 Å². The fourth-order valence-electron chi connectivity index (χ4n) is 3.33. The summed E-state index contributed by atoms with van der Waals surface area (Å²) in [6.07, 6.45) is 1.06. The summed E-state index contributed by atoms with van der Waals surface area (Å²) in [4.78, 5) is 29.1. The largest absolute Gasteiger partial charge is 0.336 e. The van der Waals surface area contributed by atoms with Crippen LogP contribution in [0.25, 0.3) is 0 Å². The van der Waals surface area contributed by atoms with E-state index in [2.05, 4.69) is 10.2 Å². The van der Waals surface area contributed by atoms with E-state index in [0.29, 0.717) is 29.4 Å². The average molecular weight is 479 g/mol. The number of nitrogens with one attached hydrogen (secondary N) is 1. The summed E-state index contributed by atoms with van der Waals surface area (Å²) < 4.78 is 25.4. The number of benzene rings is 2. The van der Waals surface area contributed by atoms with Crippen LogP contribution in [0.2, 0.25) is 5.02 Å². The van der Waals surface area contributed by atoms with Gasteiger partial charge in [-0.05, 0) is 49.0 Å². The molecule has 8 nitrogen and oxygen atoms in total. The van der Waals surface area contributed by atoms with Gasteiger partial charge in [0.2, 0.25) is 15.9 Å². The first-order valence-electron chi connectivity index (χ1n) is 10.2. The van der Waals surface area contributed by atoms with Crippen LogP contribution >= 0.6 is 11.6 Å². The number of sulfonamides is 1. The highest BCUT2D eigenvalue weighted by molar-refractivity contribution is 7.88. The van der Waals surface area contributed by atoms with Gasteiger partial charge in [0.05, 0.1) is 12.8 Å². The molecule has 0 unspecified atom stereocenters. The van der Waals surface area contributed by atoms with Gasteiger partial charge in [-0.2, -0.15) is 4.31 Å². The number of nitrogens with zero attached hydrogens (tertiary/aromatic N) is 3. The summed E-state index contributed by atoms with van der Waals surface area (Å²) >= 11 is 5.87. The van der Waals surface area contributed by atoms with Crippen LogP contribution in [0.3, 0.4) is 0 Å². The molecule has 1 fully saturated rings. The fraction of sp³-hybridized carbons (Fsp3) is 0.364. The molecule has 10 heteroatoms. The average Bonchev–Trinajstić information content (AvgIpc) is 2.75. The number of halogens is 1. The maximum absolute atomic E-state index is 12.6. The smallest absolute Gasteiger partial charge is 0.253 e. The second-order valence-electron chi connectivity index (χ2n) is 7.88. The van der Waals surface area contributed by atoms with Gasteiger partial charge in [0.25, 0.3) is 5.91 Å². The minimum absolute atomic E-state index is 0.0396. The van der Waals surface area contributed by atoms with Crippen molar-refractivity contribution in [3.8, 4) is 0 Å². The van der Waals surface area contributed by atoms with Gasteiger partial charge in [-0.1, -0.05) is 23.7 Å². The molecule has 3 rings (SSSR count). The van der Waals surface area contributed by atoms with Gasteiger partial charge < -0.3 is 15.1 Å². The highest BCUT2D eigenvalue weighted by Crippen LogP contribution is 2.15. The van der Waals surface area contributed by atoms with Gasteiger partial charge in [0, 0.05) is 49.0 Å². The number of hydrogen-bond acceptors (Lipinski definition) is 5. The molecule has 2 amide bonds. The van der Waals surface area contributed by atoms with Gasteiger partial charge in [0.15, 0.2) is 0 Å². The zero-order valence-corrected chi connectivity index (χ0v) is 19.7. The monoisotopic (exact) mass is 478 g/mol. The number of amides is 2. The number of piperazine rings is 1. The second-order valence-corrected chi connectivity index (χ2v) is 10.3. The van der Waals surface area contributed by atoms with Crippen molar-refractivity contribution >= 4 is 39.1 Å². The van der Waals surface area contributed by atoms with Gasteiger partial charge >= 0.3 is 0 Å². The summed E-state index contributed by atoms with van der Waals surface area (Å²) in [6, 6.07) is 13.4. The van der Waals surface area contributed by atoms with Crippen LogP contribution < -0.4 is 5.32 Å². The van der Waals surface area contributed by atoms with E-state index in [1.807, 2.05) is 11.9 Å². The van der Waals surface area contributed by atoms with E-state index in [1.165, 1.54) is 0 Å². The lowest BCUT2D eigenvalue weighted by Crippen LogP contribution is -2.47. The van der Waals surface area contributed by atoms with Crippen LogP contribution in [-0.2, 0) is 21.4 Å². The molecule has 0 bridgehead atoms. The van der Waals surface area contributed by atoms with Gasteiger partial charge in [-0.15, -0.1) is 0 Å². The van der Waals surface area contributed by atoms with Crippen LogP contribution in [0, 0.1) is 0 Å². The molecule has 0 aromatic heterocycles. The first-order valence-corrected chi connectivity index (χ1v) is 12.4. The molecule has 1 saturated heterocycles. The van der Waals surface area contributed by atoms with Crippen LogP contribution in [-0.4, -0.2) is 80.4 Å². The van der Waals surface area contributed by atoms with Crippen molar-refractivity contribution in [1.29, 1.82) is 0 Å². The summed E-state index contributed by atoms with van der Waals surface area (Å²) in [5.74, 6) is -0.510. The minimum atomic E-state index is -3.61. The lowest BCUT2D eigenvalue weighted by Gasteiger charge is -2.32. The molecule has 32 heavy (non-hydrogen) atoms. The van der Waals surface area contributed by atoms with Crippen molar-refractivity contribution in [3.05, 3.63) is 64.7 Å². The molecule has 1 heterocycles. The Morgan fingerprint density at radius 2 is 1.59 bits per heavy atom. The number of hydrogen-bond donors (Lipinski definition) is 1. The number of carbonyl (C=O) groups excluding carboxylic acids is 2. The summed E-state index contributed by atoms with van der Waals surface area (Å²) in [6.45, 7) is 2.77. The molecule has 172 valence electrons. The standard InChI is InChI=1S/C22H27ClN4O4S/c1-25-11-13-26(14-12-25)22(29)18-5-9-20(10-6-18)24-21(28)16-27(32(2,30)31)15-17-3-7-19(23)8-4-17/h3-10H,11-16H2,1-2H3,(H,24,28). The van der Waals surface area contributed by atoms with Crippen molar-refractivity contribution in [2.45, 2.75) is 6.54 Å². The summed E-state index contributed by atoms with van der Waals surface area (Å²) in [7, 11) is -1.58. The predicted octanol–water partition coefficient (Wildman–Crippen LogP) is 2.13. The minimum Gasteiger partial charge on any atom is -0.336 e. The van der Waals surface area contributed by atoms with Crippen molar-refractivity contribution in [1.82, 2.24) is 14.1 Å². The van der Waals surface area contributed by atoms with Crippen molar-refractivity contribution in [3.63, 3.8) is 0 Å². The first-order chi connectivity index (χ1) is 15.1. The zero-order valence-electron chi connectivity index (χ0n) is 18.1. The molecular formula is C22H27ClN4O4S. The van der Waals surface area contributed by atoms with E-state index in [9.17, 15) is 18.0 Å². The predicted molar refractivity (Wildman–Crippen MR) is 125 cm³/mol. The Morgan fingerprint density at radius 3 is 2.16 bits per heavy atom. The highest BCUT2D eigenvalue weighted by Gasteiger charge is 2.22.